The highest BCUT2D eigenvalue weighted by Crippen LogP contribution is 2.57. The number of hydrogen-bond acceptors (Lipinski definition) is 4. The van der Waals surface area contributed by atoms with E-state index < -0.39 is 0 Å². The zero-order chi connectivity index (χ0) is 14.3. The summed E-state index contributed by atoms with van der Waals surface area (Å²) in [5.74, 6) is 0.192. The Labute approximate surface area is 118 Å². The summed E-state index contributed by atoms with van der Waals surface area (Å²) < 4.78 is 5.36. The third-order valence-corrected chi connectivity index (χ3v) is 5.55. The number of esters is 1. The fourth-order valence-corrected chi connectivity index (χ4v) is 3.11. The summed E-state index contributed by atoms with van der Waals surface area (Å²) in [6.45, 7) is 10.2. The number of benzene rings is 1. The molecule has 3 nitrogen and oxygen atoms in total. The lowest BCUT2D eigenvalue weighted by atomic mass is 9.79. The molecule has 0 aliphatic carbocycles. The van der Waals surface area contributed by atoms with Crippen LogP contribution in [0.25, 0.3) is 0 Å². The monoisotopic (exact) mass is 277 g/mol. The molecule has 1 aliphatic rings. The Morgan fingerprint density at radius 1 is 1.21 bits per heavy atom. The highest BCUT2D eigenvalue weighted by atomic mass is 32.2. The van der Waals surface area contributed by atoms with Crippen LogP contribution in [-0.4, -0.2) is 15.8 Å². The first-order valence-electron chi connectivity index (χ1n) is 6.30. The number of thioether (sulfide) groups is 1. The van der Waals surface area contributed by atoms with Gasteiger partial charge in [-0.05, 0) is 26.0 Å². The Hall–Kier alpha value is -1.29. The molecule has 4 heteroatoms. The number of para-hydroxylation sites is 2. The second kappa shape index (κ2) is 4.67. The van der Waals surface area contributed by atoms with Crippen molar-refractivity contribution in [2.24, 2.45) is 10.4 Å². The van der Waals surface area contributed by atoms with E-state index in [1.807, 2.05) is 18.2 Å². The van der Waals surface area contributed by atoms with Crippen molar-refractivity contribution in [2.45, 2.75) is 39.4 Å². The van der Waals surface area contributed by atoms with Crippen LogP contribution in [0.3, 0.4) is 0 Å². The van der Waals surface area contributed by atoms with Crippen molar-refractivity contribution in [2.75, 3.05) is 0 Å². The molecule has 102 valence electrons. The van der Waals surface area contributed by atoms with Gasteiger partial charge in [-0.2, -0.15) is 0 Å². The summed E-state index contributed by atoms with van der Waals surface area (Å²) in [4.78, 5) is 15.8. The highest BCUT2D eigenvalue weighted by Gasteiger charge is 2.52. The van der Waals surface area contributed by atoms with Crippen LogP contribution in [0.4, 0.5) is 5.69 Å². The topological polar surface area (TPSA) is 38.7 Å². The number of carbonyl (C=O) groups excluding carboxylic acids is 1. The van der Waals surface area contributed by atoms with E-state index in [1.165, 1.54) is 6.92 Å². The molecule has 1 aromatic rings. The molecule has 19 heavy (non-hydrogen) atoms. The standard InChI is InChI=1S/C15H19NO2S/c1-10(17)18-12-9-7-6-8-11(12)16-13-14(2,3)15(4,5)19-13/h6-9H,1-5H3. The molecule has 1 saturated heterocycles. The summed E-state index contributed by atoms with van der Waals surface area (Å²) in [6.07, 6.45) is 0. The molecule has 0 spiro atoms. The van der Waals surface area contributed by atoms with E-state index in [1.54, 1.807) is 17.8 Å². The summed E-state index contributed by atoms with van der Waals surface area (Å²) in [6, 6.07) is 7.37. The Bertz CT molecular complexity index is 547. The molecule has 0 bridgehead atoms. The first-order chi connectivity index (χ1) is 8.74. The van der Waals surface area contributed by atoms with E-state index in [0.717, 1.165) is 5.04 Å². The van der Waals surface area contributed by atoms with Gasteiger partial charge >= 0.3 is 5.97 Å². The van der Waals surface area contributed by atoms with Gasteiger partial charge in [-0.15, -0.1) is 11.8 Å². The van der Waals surface area contributed by atoms with Gasteiger partial charge in [-0.1, -0.05) is 26.0 Å². The molecule has 0 saturated carbocycles. The highest BCUT2D eigenvalue weighted by molar-refractivity contribution is 8.17. The van der Waals surface area contributed by atoms with Crippen molar-refractivity contribution in [1.82, 2.24) is 0 Å². The molecular formula is C15H19NO2S. The summed E-state index contributed by atoms with van der Waals surface area (Å²) in [7, 11) is 0. The van der Waals surface area contributed by atoms with E-state index in [9.17, 15) is 4.79 Å². The SMILES string of the molecule is CC(=O)Oc1ccccc1N=C1SC(C)(C)C1(C)C. The largest absolute Gasteiger partial charge is 0.424 e. The lowest BCUT2D eigenvalue weighted by Gasteiger charge is -2.52. The molecule has 1 heterocycles. The van der Waals surface area contributed by atoms with E-state index in [-0.39, 0.29) is 16.1 Å². The number of hydrogen-bond donors (Lipinski definition) is 0. The Balaban J connectivity index is 2.33. The molecule has 0 N–H and O–H groups in total. The smallest absolute Gasteiger partial charge is 0.308 e. The van der Waals surface area contributed by atoms with Gasteiger partial charge in [0.1, 0.15) is 5.69 Å². The second-order valence-electron chi connectivity index (χ2n) is 5.72. The molecule has 0 amide bonds. The maximum Gasteiger partial charge on any atom is 0.308 e. The molecule has 0 unspecified atom stereocenters. The molecule has 1 fully saturated rings. The number of nitrogens with zero attached hydrogens (tertiary/aromatic N) is 1. The van der Waals surface area contributed by atoms with E-state index in [4.69, 9.17) is 4.74 Å². The van der Waals surface area contributed by atoms with Crippen LogP contribution in [0.15, 0.2) is 29.3 Å². The van der Waals surface area contributed by atoms with Crippen molar-refractivity contribution < 1.29 is 9.53 Å². The van der Waals surface area contributed by atoms with Crippen LogP contribution in [0.2, 0.25) is 0 Å². The predicted octanol–water partition coefficient (Wildman–Crippen LogP) is 4.19. The van der Waals surface area contributed by atoms with Crippen molar-refractivity contribution in [3.05, 3.63) is 24.3 Å². The molecule has 1 aromatic carbocycles. The van der Waals surface area contributed by atoms with Crippen molar-refractivity contribution in [3.63, 3.8) is 0 Å². The zero-order valence-corrected chi connectivity index (χ0v) is 12.8. The summed E-state index contributed by atoms with van der Waals surface area (Å²) in [5.41, 5.74) is 0.754. The molecule has 0 radical (unpaired) electrons. The van der Waals surface area contributed by atoms with Crippen molar-refractivity contribution in [1.29, 1.82) is 0 Å². The second-order valence-corrected chi connectivity index (χ2v) is 7.33. The third-order valence-electron chi connectivity index (χ3n) is 3.73. The average Bonchev–Trinajstić information content (AvgIpc) is 2.30. The lowest BCUT2D eigenvalue weighted by Crippen LogP contribution is -2.52. The van der Waals surface area contributed by atoms with Crippen LogP contribution < -0.4 is 4.74 Å². The summed E-state index contributed by atoms with van der Waals surface area (Å²) in [5, 5.41) is 1.08. The maximum absolute atomic E-state index is 11.1. The van der Waals surface area contributed by atoms with Crippen LogP contribution >= 0.6 is 11.8 Å². The maximum atomic E-state index is 11.1. The molecule has 2 rings (SSSR count). The minimum atomic E-state index is -0.325. The van der Waals surface area contributed by atoms with Gasteiger partial charge in [-0.3, -0.25) is 4.79 Å². The predicted molar refractivity (Wildman–Crippen MR) is 80.3 cm³/mol. The first kappa shape index (κ1) is 14.1. The number of aliphatic imine (C=N–C) groups is 1. The van der Waals surface area contributed by atoms with Crippen LogP contribution in [0, 0.1) is 5.41 Å². The minimum Gasteiger partial charge on any atom is -0.424 e. The van der Waals surface area contributed by atoms with Gasteiger partial charge in [-0.25, -0.2) is 4.99 Å². The van der Waals surface area contributed by atoms with E-state index in [0.29, 0.717) is 11.4 Å². The van der Waals surface area contributed by atoms with Gasteiger partial charge in [0.15, 0.2) is 5.75 Å². The van der Waals surface area contributed by atoms with Crippen LogP contribution in [-0.2, 0) is 4.79 Å². The molecule has 0 aromatic heterocycles. The average molecular weight is 277 g/mol. The van der Waals surface area contributed by atoms with Gasteiger partial charge in [0, 0.05) is 17.1 Å². The quantitative estimate of drug-likeness (QED) is 0.601. The van der Waals surface area contributed by atoms with Gasteiger partial charge in [0.2, 0.25) is 0 Å². The van der Waals surface area contributed by atoms with Gasteiger partial charge in [0.25, 0.3) is 0 Å². The third kappa shape index (κ3) is 2.54. The molecule has 0 atom stereocenters. The van der Waals surface area contributed by atoms with Crippen molar-refractivity contribution >= 4 is 28.5 Å². The minimum absolute atomic E-state index is 0.0427. The van der Waals surface area contributed by atoms with Crippen molar-refractivity contribution in [3.8, 4) is 5.75 Å². The fourth-order valence-electron chi connectivity index (χ4n) is 1.77. The first-order valence-corrected chi connectivity index (χ1v) is 7.11. The normalized spacial score (nSPS) is 21.8. The number of rotatable bonds is 2. The van der Waals surface area contributed by atoms with Crippen LogP contribution in [0.1, 0.15) is 34.6 Å². The zero-order valence-electron chi connectivity index (χ0n) is 12.0. The Kier molecular flexibility index (Phi) is 3.47. The van der Waals surface area contributed by atoms with Gasteiger partial charge in [0.05, 0.1) is 5.04 Å². The van der Waals surface area contributed by atoms with Gasteiger partial charge < -0.3 is 4.74 Å². The van der Waals surface area contributed by atoms with Crippen LogP contribution in [0.5, 0.6) is 5.75 Å². The molecular weight excluding hydrogens is 258 g/mol. The van der Waals surface area contributed by atoms with E-state index >= 15 is 0 Å². The molecule has 1 aliphatic heterocycles. The lowest BCUT2D eigenvalue weighted by molar-refractivity contribution is -0.131. The number of ether oxygens (including phenoxy) is 1. The fraction of sp³-hybridized carbons (Fsp3) is 0.467. The Morgan fingerprint density at radius 3 is 2.37 bits per heavy atom. The Morgan fingerprint density at radius 2 is 1.84 bits per heavy atom. The number of carbonyl (C=O) groups is 1. The van der Waals surface area contributed by atoms with E-state index in [2.05, 4.69) is 32.7 Å². The summed E-state index contributed by atoms with van der Waals surface area (Å²) >= 11 is 1.77.